The highest BCUT2D eigenvalue weighted by Crippen LogP contribution is 2.39. The first-order valence-electron chi connectivity index (χ1n) is 10.3. The summed E-state index contributed by atoms with van der Waals surface area (Å²) in [5.74, 6) is 0.175. The summed E-state index contributed by atoms with van der Waals surface area (Å²) < 4.78 is 11.4. The zero-order chi connectivity index (χ0) is 22.4. The van der Waals surface area contributed by atoms with E-state index >= 15 is 0 Å². The normalized spacial score (nSPS) is 18.4. The van der Waals surface area contributed by atoms with Crippen molar-refractivity contribution in [1.29, 1.82) is 0 Å². The molecule has 1 atom stereocenters. The summed E-state index contributed by atoms with van der Waals surface area (Å²) in [5.41, 5.74) is 8.68. The maximum atomic E-state index is 13.4. The summed E-state index contributed by atoms with van der Waals surface area (Å²) in [7, 11) is 0. The number of para-hydroxylation sites is 1. The summed E-state index contributed by atoms with van der Waals surface area (Å²) in [6, 6.07) is 8.83. The zero-order valence-corrected chi connectivity index (χ0v) is 18.0. The molecule has 1 fully saturated rings. The molecule has 3 aromatic rings. The van der Waals surface area contributed by atoms with Gasteiger partial charge in [0.25, 0.3) is 11.9 Å². The van der Waals surface area contributed by atoms with Crippen molar-refractivity contribution in [3.05, 3.63) is 53.6 Å². The lowest BCUT2D eigenvalue weighted by molar-refractivity contribution is -0.128. The number of ether oxygens (including phenoxy) is 1. The van der Waals surface area contributed by atoms with E-state index in [1.54, 1.807) is 23.1 Å². The van der Waals surface area contributed by atoms with Crippen LogP contribution < -0.4 is 10.5 Å². The molecule has 0 saturated carbocycles. The number of anilines is 1. The summed E-state index contributed by atoms with van der Waals surface area (Å²) in [5, 5.41) is 0.396. The number of amides is 2. The number of oxazole rings is 1. The number of hydrogen-bond acceptors (Lipinski definition) is 6. The van der Waals surface area contributed by atoms with Gasteiger partial charge in [0.05, 0.1) is 18.2 Å². The maximum absolute atomic E-state index is 13.4. The molecule has 0 radical (unpaired) electrons. The molecular weight excluding hydrogens is 432 g/mol. The predicted octanol–water partition coefficient (Wildman–Crippen LogP) is 3.35. The number of fused-ring (bicyclic) bond motifs is 3. The second-order valence-electron chi connectivity index (χ2n) is 7.81. The minimum Gasteiger partial charge on any atom is -0.493 e. The largest absolute Gasteiger partial charge is 0.493 e. The van der Waals surface area contributed by atoms with E-state index in [2.05, 4.69) is 11.6 Å². The van der Waals surface area contributed by atoms with Gasteiger partial charge >= 0.3 is 0 Å². The van der Waals surface area contributed by atoms with E-state index in [1.807, 2.05) is 17.0 Å². The number of aromatic nitrogens is 1. The summed E-state index contributed by atoms with van der Waals surface area (Å²) in [6.07, 6.45) is 1.91. The third kappa shape index (κ3) is 3.36. The van der Waals surface area contributed by atoms with Crippen LogP contribution in [0.2, 0.25) is 5.02 Å². The van der Waals surface area contributed by atoms with Crippen LogP contribution in [0.4, 0.5) is 6.01 Å². The van der Waals surface area contributed by atoms with E-state index in [-0.39, 0.29) is 23.9 Å². The Hall–Kier alpha value is -3.52. The van der Waals surface area contributed by atoms with Gasteiger partial charge in [-0.1, -0.05) is 30.3 Å². The molecule has 8 nitrogen and oxygen atoms in total. The first-order chi connectivity index (χ1) is 15.5. The number of nitrogen functional groups attached to an aromatic ring is 1. The fourth-order valence-electron chi connectivity index (χ4n) is 4.39. The molecular formula is C23H21ClN4O4. The number of halogens is 1. The van der Waals surface area contributed by atoms with Crippen molar-refractivity contribution in [3.8, 4) is 16.9 Å². The van der Waals surface area contributed by atoms with Crippen molar-refractivity contribution >= 4 is 40.5 Å². The van der Waals surface area contributed by atoms with Crippen molar-refractivity contribution in [2.45, 2.75) is 12.5 Å². The predicted molar refractivity (Wildman–Crippen MR) is 121 cm³/mol. The molecule has 2 aliphatic heterocycles. The van der Waals surface area contributed by atoms with Crippen LogP contribution in [0.25, 0.3) is 22.2 Å². The lowest BCUT2D eigenvalue weighted by atomic mass is 9.99. The third-order valence-corrected chi connectivity index (χ3v) is 6.28. The standard InChI is InChI=1S/C23H21ClN4O4/c1-2-20(29)27-7-8-28-13(12-27)6-9-31-19-11-15(17(24)10-16(19)22(28)30)14-4-3-5-18-21(14)26-23(25)32-18/h2-5,10-11,13H,1,6-9,12H2,(H2,25,26). The minimum absolute atomic E-state index is 0.0707. The van der Waals surface area contributed by atoms with E-state index < -0.39 is 0 Å². The Labute approximate surface area is 189 Å². The summed E-state index contributed by atoms with van der Waals surface area (Å²) in [4.78, 5) is 33.2. The third-order valence-electron chi connectivity index (χ3n) is 5.96. The number of nitrogens with zero attached hydrogens (tertiary/aromatic N) is 3. The van der Waals surface area contributed by atoms with E-state index in [9.17, 15) is 9.59 Å². The Morgan fingerprint density at radius 1 is 1.25 bits per heavy atom. The van der Waals surface area contributed by atoms with Gasteiger partial charge in [0, 0.05) is 42.2 Å². The Bertz CT molecular complexity index is 1250. The van der Waals surface area contributed by atoms with Crippen molar-refractivity contribution in [3.63, 3.8) is 0 Å². The molecule has 2 N–H and O–H groups in total. The van der Waals surface area contributed by atoms with Crippen molar-refractivity contribution < 1.29 is 18.7 Å². The number of benzene rings is 2. The van der Waals surface area contributed by atoms with E-state index in [0.717, 1.165) is 5.56 Å². The van der Waals surface area contributed by atoms with Crippen LogP contribution in [-0.4, -0.2) is 58.9 Å². The van der Waals surface area contributed by atoms with Gasteiger partial charge in [-0.2, -0.15) is 4.98 Å². The fraction of sp³-hybridized carbons (Fsp3) is 0.261. The first-order valence-corrected chi connectivity index (χ1v) is 10.7. The Kier molecular flexibility index (Phi) is 5.01. The van der Waals surface area contributed by atoms with Gasteiger partial charge in [-0.25, -0.2) is 0 Å². The van der Waals surface area contributed by atoms with Crippen LogP contribution >= 0.6 is 11.6 Å². The molecule has 1 aromatic heterocycles. The van der Waals surface area contributed by atoms with Crippen LogP contribution in [-0.2, 0) is 4.79 Å². The highest BCUT2D eigenvalue weighted by atomic mass is 35.5. The van der Waals surface area contributed by atoms with Gasteiger partial charge < -0.3 is 24.7 Å². The number of carbonyl (C=O) groups is 2. The number of hydrogen-bond donors (Lipinski definition) is 1. The first kappa shape index (κ1) is 20.4. The van der Waals surface area contributed by atoms with Crippen molar-refractivity contribution in [1.82, 2.24) is 14.8 Å². The van der Waals surface area contributed by atoms with Crippen LogP contribution in [0.5, 0.6) is 5.75 Å². The van der Waals surface area contributed by atoms with Gasteiger partial charge in [0.1, 0.15) is 11.3 Å². The highest BCUT2D eigenvalue weighted by molar-refractivity contribution is 6.34. The molecule has 2 amide bonds. The SMILES string of the molecule is C=CC(=O)N1CCN2C(=O)c3cc(Cl)c(-c4cccc5oc(N)nc45)cc3OCCC2C1. The average Bonchev–Trinajstić information content (AvgIpc) is 3.18. The second kappa shape index (κ2) is 7.87. The van der Waals surface area contributed by atoms with E-state index in [1.165, 1.54) is 6.08 Å². The lowest BCUT2D eigenvalue weighted by Gasteiger charge is -2.42. The van der Waals surface area contributed by atoms with Crippen LogP contribution in [0, 0.1) is 0 Å². The highest BCUT2D eigenvalue weighted by Gasteiger charge is 2.35. The molecule has 0 aliphatic carbocycles. The molecule has 2 aliphatic rings. The minimum atomic E-state index is -0.159. The number of rotatable bonds is 2. The molecule has 3 heterocycles. The second-order valence-corrected chi connectivity index (χ2v) is 8.22. The van der Waals surface area contributed by atoms with Gasteiger partial charge in [0.2, 0.25) is 5.91 Å². The molecule has 0 spiro atoms. The lowest BCUT2D eigenvalue weighted by Crippen LogP contribution is -2.57. The van der Waals surface area contributed by atoms with Gasteiger partial charge in [-0.05, 0) is 24.3 Å². The fourth-order valence-corrected chi connectivity index (χ4v) is 4.65. The Morgan fingerprint density at radius 3 is 2.91 bits per heavy atom. The zero-order valence-electron chi connectivity index (χ0n) is 17.2. The number of piperazine rings is 1. The van der Waals surface area contributed by atoms with Gasteiger partial charge in [-0.3, -0.25) is 9.59 Å². The number of nitrogens with two attached hydrogens (primary N) is 1. The van der Waals surface area contributed by atoms with Crippen LogP contribution in [0.15, 0.2) is 47.4 Å². The summed E-state index contributed by atoms with van der Waals surface area (Å²) in [6.45, 7) is 5.32. The molecule has 2 aromatic carbocycles. The van der Waals surface area contributed by atoms with Crippen LogP contribution in [0.3, 0.4) is 0 Å². The van der Waals surface area contributed by atoms with Gasteiger partial charge in [-0.15, -0.1) is 0 Å². The van der Waals surface area contributed by atoms with Crippen molar-refractivity contribution in [2.24, 2.45) is 0 Å². The Balaban J connectivity index is 1.52. The maximum Gasteiger partial charge on any atom is 0.293 e. The monoisotopic (exact) mass is 452 g/mol. The van der Waals surface area contributed by atoms with E-state index in [4.69, 9.17) is 26.5 Å². The molecule has 9 heteroatoms. The van der Waals surface area contributed by atoms with Crippen molar-refractivity contribution in [2.75, 3.05) is 32.0 Å². The topological polar surface area (TPSA) is 102 Å². The smallest absolute Gasteiger partial charge is 0.293 e. The van der Waals surface area contributed by atoms with E-state index in [0.29, 0.717) is 65.7 Å². The molecule has 32 heavy (non-hydrogen) atoms. The Morgan fingerprint density at radius 2 is 2.09 bits per heavy atom. The molecule has 1 saturated heterocycles. The number of carbonyl (C=O) groups excluding carboxylic acids is 2. The summed E-state index contributed by atoms with van der Waals surface area (Å²) >= 11 is 6.64. The van der Waals surface area contributed by atoms with Crippen LogP contribution in [0.1, 0.15) is 16.8 Å². The average molecular weight is 453 g/mol. The molecule has 1 unspecified atom stereocenters. The van der Waals surface area contributed by atoms with Gasteiger partial charge in [0.15, 0.2) is 5.58 Å². The molecule has 5 rings (SSSR count). The molecule has 0 bridgehead atoms. The molecule has 164 valence electrons. The quantitative estimate of drug-likeness (QED) is 0.598.